The molecule has 16 atom stereocenters. The highest BCUT2D eigenvalue weighted by Gasteiger charge is 2.61. The lowest BCUT2D eigenvalue weighted by Crippen LogP contribution is -2.51. The first-order valence-electron chi connectivity index (χ1n) is 30.2. The highest BCUT2D eigenvalue weighted by Crippen LogP contribution is 2.69. The van der Waals surface area contributed by atoms with E-state index in [1.807, 2.05) is 0 Å². The molecular weight excluding hydrogens is 857 g/mol. The van der Waals surface area contributed by atoms with Gasteiger partial charge in [0.2, 0.25) is 0 Å². The van der Waals surface area contributed by atoms with Gasteiger partial charge in [-0.1, -0.05) is 143 Å². The minimum Gasteiger partial charge on any atom is -0.462 e. The number of esters is 2. The Labute approximate surface area is 430 Å². The van der Waals surface area contributed by atoms with Gasteiger partial charge in [0.25, 0.3) is 0 Å². The number of fused-ring (bicyclic) bond motifs is 10. The van der Waals surface area contributed by atoms with Gasteiger partial charge in [-0.3, -0.25) is 9.59 Å². The Morgan fingerprint density at radius 1 is 0.529 bits per heavy atom. The summed E-state index contributed by atoms with van der Waals surface area (Å²) in [6.07, 6.45) is 37.0. The Balaban J connectivity index is 0.698. The van der Waals surface area contributed by atoms with E-state index in [0.29, 0.717) is 49.4 Å². The topological polar surface area (TPSA) is 52.6 Å². The predicted molar refractivity (Wildman–Crippen MR) is 289 cm³/mol. The minimum absolute atomic E-state index is 0.0155. The third-order valence-corrected chi connectivity index (χ3v) is 22.7. The maximum Gasteiger partial charge on any atom is 0.306 e. The molecule has 4 nitrogen and oxygen atoms in total. The van der Waals surface area contributed by atoms with Gasteiger partial charge in [-0.25, -0.2) is 0 Å². The van der Waals surface area contributed by atoms with E-state index in [9.17, 15) is 9.59 Å². The first-order chi connectivity index (χ1) is 33.5. The minimum atomic E-state index is -0.0754. The summed E-state index contributed by atoms with van der Waals surface area (Å²) < 4.78 is 12.2. The number of carbonyl (C=O) groups is 2. The monoisotopic (exact) mass is 959 g/mol. The second-order valence-electron chi connectivity index (χ2n) is 27.6. The van der Waals surface area contributed by atoms with Crippen molar-refractivity contribution in [2.45, 2.75) is 261 Å². The van der Waals surface area contributed by atoms with Crippen LogP contribution >= 0.6 is 0 Å². The van der Waals surface area contributed by atoms with Gasteiger partial charge < -0.3 is 9.47 Å². The summed E-state index contributed by atoms with van der Waals surface area (Å²) in [6.45, 7) is 25.2. The average Bonchev–Trinajstić information content (AvgIpc) is 3.86. The van der Waals surface area contributed by atoms with Gasteiger partial charge in [0.15, 0.2) is 0 Å². The van der Waals surface area contributed by atoms with Crippen LogP contribution in [0.2, 0.25) is 0 Å². The number of allylic oxidation sites excluding steroid dienone is 2. The maximum atomic E-state index is 13.0. The maximum absolute atomic E-state index is 13.0. The summed E-state index contributed by atoms with van der Waals surface area (Å²) in [6, 6.07) is 0. The molecule has 0 aliphatic heterocycles. The van der Waals surface area contributed by atoms with Crippen LogP contribution < -0.4 is 0 Å². The van der Waals surface area contributed by atoms with E-state index in [2.05, 4.69) is 105 Å². The highest BCUT2D eigenvalue weighted by atomic mass is 16.5. The van der Waals surface area contributed by atoms with Crippen LogP contribution in [0.3, 0.4) is 0 Å². The summed E-state index contributed by atoms with van der Waals surface area (Å²) in [7, 11) is 0. The second-order valence-corrected chi connectivity index (χ2v) is 27.6. The summed E-state index contributed by atoms with van der Waals surface area (Å²) in [5.41, 5.74) is 4.75. The third kappa shape index (κ3) is 11.4. The van der Waals surface area contributed by atoms with Gasteiger partial charge >= 0.3 is 11.9 Å². The van der Waals surface area contributed by atoms with Crippen molar-refractivity contribution in [2.24, 2.45) is 92.7 Å². The molecule has 8 aliphatic rings. The van der Waals surface area contributed by atoms with Crippen molar-refractivity contribution in [3.8, 4) is 23.7 Å². The zero-order valence-electron chi connectivity index (χ0n) is 46.7. The van der Waals surface area contributed by atoms with E-state index in [0.717, 1.165) is 110 Å². The SMILES string of the molecule is CC(C)CCC[C@@H](C)[C@H]1CC[C@H]2[C@@H]3CC=C4CC(OC(=O)CCCC#CC#CCCCC(=O)OC5CC[C@@]6(C)C(=CC[C@H]7[C@@H]8CC[C@H]([C@H](C)CCCC(C)C)[C@@]8(C)CC[C@@H]76)C5)CC[C@]4(C)[C@H]3CC[C@]12C. The standard InChI is InChI=1S/C66H102O4/c1-45(2)21-19-23-47(5)55-31-33-57-53-29-27-49-43-51(35-39-63(49,7)59(53)37-41-65(55,57)9)69-61(67)25-17-15-13-11-12-14-16-18-26-62(68)70-52-36-40-64(8)50(44-52)28-30-54-58-34-32-56(48(6)24-20-22-46(3)4)66(58,10)42-38-60(54)64/h27-28,45-48,51-60H,15-26,29-44H2,1-10H3/t47-,48-,51?,52?,53+,54+,55-,56-,57+,58+,59+,60+,63+,64+,65-,66-/m1/s1. The first-order valence-corrected chi connectivity index (χ1v) is 30.2. The van der Waals surface area contributed by atoms with Gasteiger partial charge in [0.1, 0.15) is 12.2 Å². The number of carbonyl (C=O) groups excluding carboxylic acids is 2. The molecule has 0 saturated heterocycles. The molecule has 4 heteroatoms. The summed E-state index contributed by atoms with van der Waals surface area (Å²) in [5, 5.41) is 0. The van der Waals surface area contributed by atoms with E-state index in [1.165, 1.54) is 103 Å². The summed E-state index contributed by atoms with van der Waals surface area (Å²) in [5.74, 6) is 22.2. The molecular formula is C66H102O4. The lowest BCUT2D eigenvalue weighted by atomic mass is 9.47. The smallest absolute Gasteiger partial charge is 0.306 e. The van der Waals surface area contributed by atoms with Gasteiger partial charge in [0.05, 0.1) is 0 Å². The van der Waals surface area contributed by atoms with Crippen LogP contribution in [-0.4, -0.2) is 24.1 Å². The van der Waals surface area contributed by atoms with Crippen LogP contribution in [0, 0.1) is 116 Å². The number of ether oxygens (including phenoxy) is 2. The van der Waals surface area contributed by atoms with Crippen molar-refractivity contribution in [1.82, 2.24) is 0 Å². The molecule has 0 aromatic heterocycles. The summed E-state index contributed by atoms with van der Waals surface area (Å²) in [4.78, 5) is 26.0. The molecule has 6 fully saturated rings. The largest absolute Gasteiger partial charge is 0.462 e. The van der Waals surface area contributed by atoms with E-state index < -0.39 is 0 Å². The number of unbranched alkanes of at least 4 members (excludes halogenated alkanes) is 2. The molecule has 0 radical (unpaired) electrons. The Morgan fingerprint density at radius 2 is 0.943 bits per heavy atom. The number of hydrogen-bond donors (Lipinski definition) is 0. The van der Waals surface area contributed by atoms with E-state index in [1.54, 1.807) is 11.1 Å². The lowest BCUT2D eigenvalue weighted by Gasteiger charge is -2.58. The van der Waals surface area contributed by atoms with Gasteiger partial charge in [-0.15, -0.1) is 0 Å². The molecule has 0 aromatic rings. The fourth-order valence-electron chi connectivity index (χ4n) is 18.9. The first kappa shape index (κ1) is 53.8. The van der Waals surface area contributed by atoms with Gasteiger partial charge in [-0.2, -0.15) is 0 Å². The second kappa shape index (κ2) is 23.0. The normalized spacial score (nSPS) is 39.2. The van der Waals surface area contributed by atoms with Crippen molar-refractivity contribution in [1.29, 1.82) is 0 Å². The summed E-state index contributed by atoms with van der Waals surface area (Å²) >= 11 is 0. The Kier molecular flexibility index (Phi) is 17.7. The highest BCUT2D eigenvalue weighted by molar-refractivity contribution is 5.70. The fraction of sp³-hybridized carbons (Fsp3) is 0.848. The molecule has 0 aromatic carbocycles. The van der Waals surface area contributed by atoms with Crippen LogP contribution in [0.4, 0.5) is 0 Å². The van der Waals surface area contributed by atoms with Crippen molar-refractivity contribution >= 4 is 11.9 Å². The predicted octanol–water partition coefficient (Wildman–Crippen LogP) is 17.2. The molecule has 0 N–H and O–H groups in total. The molecule has 0 bridgehead atoms. The average molecular weight is 960 g/mol. The fourth-order valence-corrected chi connectivity index (χ4v) is 18.9. The molecule has 8 aliphatic carbocycles. The van der Waals surface area contributed by atoms with E-state index >= 15 is 0 Å². The van der Waals surface area contributed by atoms with Crippen molar-refractivity contribution in [3.05, 3.63) is 23.3 Å². The lowest BCUT2D eigenvalue weighted by molar-refractivity contribution is -0.152. The molecule has 70 heavy (non-hydrogen) atoms. The van der Waals surface area contributed by atoms with Crippen LogP contribution in [0.15, 0.2) is 23.3 Å². The quantitative estimate of drug-likeness (QED) is 0.0594. The molecule has 0 heterocycles. The third-order valence-electron chi connectivity index (χ3n) is 22.7. The zero-order chi connectivity index (χ0) is 49.8. The van der Waals surface area contributed by atoms with E-state index in [4.69, 9.17) is 9.47 Å². The van der Waals surface area contributed by atoms with Crippen molar-refractivity contribution in [3.63, 3.8) is 0 Å². The molecule has 8 rings (SSSR count). The van der Waals surface area contributed by atoms with Crippen LogP contribution in [-0.2, 0) is 19.1 Å². The zero-order valence-corrected chi connectivity index (χ0v) is 46.7. The Bertz CT molecular complexity index is 1860. The van der Waals surface area contributed by atoms with Crippen LogP contribution in [0.5, 0.6) is 0 Å². The number of hydrogen-bond acceptors (Lipinski definition) is 4. The molecule has 0 spiro atoms. The molecule has 390 valence electrons. The Hall–Kier alpha value is -2.46. The van der Waals surface area contributed by atoms with E-state index in [-0.39, 0.29) is 35.0 Å². The number of rotatable bonds is 18. The molecule has 2 unspecified atom stereocenters. The van der Waals surface area contributed by atoms with Crippen LogP contribution in [0.1, 0.15) is 249 Å². The van der Waals surface area contributed by atoms with Crippen molar-refractivity contribution < 1.29 is 19.1 Å². The van der Waals surface area contributed by atoms with Gasteiger partial charge in [-0.05, 0) is 207 Å². The Morgan fingerprint density at radius 3 is 1.34 bits per heavy atom. The van der Waals surface area contributed by atoms with Crippen LogP contribution in [0.25, 0.3) is 0 Å². The van der Waals surface area contributed by atoms with Crippen molar-refractivity contribution in [2.75, 3.05) is 0 Å². The van der Waals surface area contributed by atoms with Gasteiger partial charge in [0, 0.05) is 38.5 Å². The molecule has 6 saturated carbocycles. The molecule has 0 amide bonds.